The van der Waals surface area contributed by atoms with E-state index in [1.165, 1.54) is 12.8 Å². The number of hydrogen-bond acceptors (Lipinski definition) is 0. The molecule has 0 fully saturated rings. The van der Waals surface area contributed by atoms with E-state index in [1.54, 1.807) is 0 Å². The van der Waals surface area contributed by atoms with Crippen molar-refractivity contribution < 1.29 is 0 Å². The molecule has 0 aromatic carbocycles. The van der Waals surface area contributed by atoms with Crippen molar-refractivity contribution in [3.8, 4) is 0 Å². The van der Waals surface area contributed by atoms with Crippen LogP contribution in [0.4, 0.5) is 0 Å². The first-order chi connectivity index (χ1) is 9.00. The summed E-state index contributed by atoms with van der Waals surface area (Å²) >= 11 is 0. The number of rotatable bonds is 0. The van der Waals surface area contributed by atoms with E-state index in [2.05, 4.69) is 24.3 Å². The minimum Gasteiger partial charge on any atom is -0.0845 e. The van der Waals surface area contributed by atoms with Crippen molar-refractivity contribution in [3.05, 3.63) is 85.1 Å². The smallest absolute Gasteiger partial charge is 0.0276 e. The molecule has 0 heterocycles. The third-order valence-electron chi connectivity index (χ3n) is 2.40. The molecule has 0 spiro atoms. The Labute approximate surface area is 111 Å². The predicted octanol–water partition coefficient (Wildman–Crippen LogP) is 5.26. The lowest BCUT2D eigenvalue weighted by Crippen LogP contribution is -1.72. The summed E-state index contributed by atoms with van der Waals surface area (Å²) in [5.74, 6) is 0. The first-order valence-corrected chi connectivity index (χ1v) is 6.55. The van der Waals surface area contributed by atoms with Crippen LogP contribution in [0.3, 0.4) is 0 Å². The lowest BCUT2D eigenvalue weighted by Gasteiger charge is -1.91. The Hall–Kier alpha value is -1.82. The van der Waals surface area contributed by atoms with E-state index in [0.29, 0.717) is 0 Å². The molecular weight excluding hydrogens is 216 g/mol. The third kappa shape index (κ3) is 9.41. The Morgan fingerprint density at radius 2 is 1.11 bits per heavy atom. The van der Waals surface area contributed by atoms with Crippen molar-refractivity contribution in [1.82, 2.24) is 0 Å². The Morgan fingerprint density at radius 3 is 1.78 bits per heavy atom. The highest BCUT2D eigenvalue weighted by atomic mass is 13.9. The lowest BCUT2D eigenvalue weighted by molar-refractivity contribution is 0.754. The Kier molecular flexibility index (Phi) is 9.22. The molecule has 1 rings (SSSR count). The van der Waals surface area contributed by atoms with Gasteiger partial charge < -0.3 is 0 Å². The van der Waals surface area contributed by atoms with E-state index in [9.17, 15) is 0 Å². The van der Waals surface area contributed by atoms with Crippen molar-refractivity contribution in [1.29, 1.82) is 0 Å². The zero-order chi connectivity index (χ0) is 12.7. The van der Waals surface area contributed by atoms with Gasteiger partial charge in [-0.05, 0) is 31.8 Å². The molecule has 0 aliphatic heterocycles. The fourth-order valence-corrected chi connectivity index (χ4v) is 1.45. The summed E-state index contributed by atoms with van der Waals surface area (Å²) < 4.78 is 0. The van der Waals surface area contributed by atoms with Crippen molar-refractivity contribution in [2.45, 2.75) is 25.7 Å². The molecule has 1 aliphatic rings. The van der Waals surface area contributed by atoms with E-state index in [1.807, 2.05) is 60.8 Å². The van der Waals surface area contributed by atoms with Crippen molar-refractivity contribution >= 4 is 0 Å². The van der Waals surface area contributed by atoms with Crippen LogP contribution in [0, 0.1) is 6.08 Å². The maximum absolute atomic E-state index is 3.28. The summed E-state index contributed by atoms with van der Waals surface area (Å²) in [6.45, 7) is 0. The molecule has 0 unspecified atom stereocenters. The summed E-state index contributed by atoms with van der Waals surface area (Å²) in [5.41, 5.74) is 0. The van der Waals surface area contributed by atoms with Gasteiger partial charge in [-0.3, -0.25) is 0 Å². The summed E-state index contributed by atoms with van der Waals surface area (Å²) in [4.78, 5) is 0. The molecule has 0 nitrogen and oxygen atoms in total. The van der Waals surface area contributed by atoms with Gasteiger partial charge in [0.25, 0.3) is 0 Å². The van der Waals surface area contributed by atoms with Gasteiger partial charge in [-0.2, -0.15) is 0 Å². The second kappa shape index (κ2) is 11.7. The van der Waals surface area contributed by atoms with Gasteiger partial charge in [0.1, 0.15) is 0 Å². The second-order valence-corrected chi connectivity index (χ2v) is 3.97. The van der Waals surface area contributed by atoms with Crippen molar-refractivity contribution in [2.75, 3.05) is 0 Å². The first kappa shape index (κ1) is 14.2. The fourth-order valence-electron chi connectivity index (χ4n) is 1.45. The largest absolute Gasteiger partial charge is 0.0845 e. The van der Waals surface area contributed by atoms with Crippen LogP contribution in [0.2, 0.25) is 0 Å². The SMILES string of the molecule is [C]1=C/C=C/C=C\C=C\C=C\C=C/C=C/CCCC/1. The highest BCUT2D eigenvalue weighted by molar-refractivity contribution is 5.20. The van der Waals surface area contributed by atoms with Gasteiger partial charge in [0.15, 0.2) is 0 Å². The number of hydrogen-bond donors (Lipinski definition) is 0. The van der Waals surface area contributed by atoms with E-state index < -0.39 is 0 Å². The summed E-state index contributed by atoms with van der Waals surface area (Å²) in [6.07, 6.45) is 34.5. The van der Waals surface area contributed by atoms with Crippen LogP contribution in [0.5, 0.6) is 0 Å². The molecule has 1 aliphatic carbocycles. The average molecular weight is 237 g/mol. The predicted molar refractivity (Wildman–Crippen MR) is 81.1 cm³/mol. The molecule has 0 saturated heterocycles. The normalized spacial score (nSPS) is 30.2. The molecule has 0 aromatic rings. The maximum atomic E-state index is 3.28. The molecule has 0 bridgehead atoms. The highest BCUT2D eigenvalue weighted by Gasteiger charge is 1.82. The van der Waals surface area contributed by atoms with Gasteiger partial charge in [0.05, 0.1) is 0 Å². The van der Waals surface area contributed by atoms with E-state index in [0.717, 1.165) is 12.8 Å². The molecule has 0 atom stereocenters. The van der Waals surface area contributed by atoms with Crippen LogP contribution in [0.25, 0.3) is 0 Å². The maximum Gasteiger partial charge on any atom is -0.0276 e. The molecular formula is C18H21. The molecule has 0 saturated carbocycles. The van der Waals surface area contributed by atoms with Gasteiger partial charge in [-0.1, -0.05) is 79.0 Å². The van der Waals surface area contributed by atoms with Gasteiger partial charge >= 0.3 is 0 Å². The van der Waals surface area contributed by atoms with Crippen LogP contribution in [-0.4, -0.2) is 0 Å². The van der Waals surface area contributed by atoms with Gasteiger partial charge in [-0.25, -0.2) is 0 Å². The Bertz CT molecular complexity index is 346. The lowest BCUT2D eigenvalue weighted by atomic mass is 10.2. The molecule has 1 radical (unpaired) electrons. The topological polar surface area (TPSA) is 0 Å². The zero-order valence-electron chi connectivity index (χ0n) is 10.8. The first-order valence-electron chi connectivity index (χ1n) is 6.55. The van der Waals surface area contributed by atoms with Crippen LogP contribution in [0.15, 0.2) is 79.0 Å². The van der Waals surface area contributed by atoms with Crippen LogP contribution in [0.1, 0.15) is 25.7 Å². The van der Waals surface area contributed by atoms with E-state index in [-0.39, 0.29) is 0 Å². The monoisotopic (exact) mass is 237 g/mol. The molecule has 0 amide bonds. The van der Waals surface area contributed by atoms with Gasteiger partial charge in [0.2, 0.25) is 0 Å². The van der Waals surface area contributed by atoms with E-state index >= 15 is 0 Å². The third-order valence-corrected chi connectivity index (χ3v) is 2.40. The van der Waals surface area contributed by atoms with Gasteiger partial charge in [0, 0.05) is 0 Å². The quantitative estimate of drug-likeness (QED) is 0.539. The standard InChI is InChI=1S/C18H21/c1-2-4-6-8-10-12-14-16-18-17-15-13-11-9-7-5-3-1/h1-13H,14,16-18H2/b3-1+,4-2+,7-5-,8-6-,11-9+,12-10+,15-13?. The number of allylic oxidation sites excluding steroid dienone is 14. The van der Waals surface area contributed by atoms with E-state index in [4.69, 9.17) is 0 Å². The minimum atomic E-state index is 1.04. The molecule has 93 valence electrons. The fraction of sp³-hybridized carbons (Fsp3) is 0.222. The van der Waals surface area contributed by atoms with Crippen molar-refractivity contribution in [3.63, 3.8) is 0 Å². The summed E-state index contributed by atoms with van der Waals surface area (Å²) in [7, 11) is 0. The van der Waals surface area contributed by atoms with Crippen molar-refractivity contribution in [2.24, 2.45) is 0 Å². The summed E-state index contributed by atoms with van der Waals surface area (Å²) in [6, 6.07) is 0. The minimum absolute atomic E-state index is 1.04. The average Bonchev–Trinajstić information content (AvgIpc) is 2.39. The molecule has 0 N–H and O–H groups in total. The Morgan fingerprint density at radius 1 is 0.556 bits per heavy atom. The van der Waals surface area contributed by atoms with Crippen LogP contribution in [-0.2, 0) is 0 Å². The Balaban J connectivity index is 2.50. The second-order valence-electron chi connectivity index (χ2n) is 3.97. The molecule has 0 heteroatoms. The summed E-state index contributed by atoms with van der Waals surface area (Å²) in [5, 5.41) is 0. The van der Waals surface area contributed by atoms with Crippen LogP contribution >= 0.6 is 0 Å². The highest BCUT2D eigenvalue weighted by Crippen LogP contribution is 2.01. The van der Waals surface area contributed by atoms with Gasteiger partial charge in [-0.15, -0.1) is 0 Å². The molecule has 0 aromatic heterocycles. The van der Waals surface area contributed by atoms with Crippen LogP contribution < -0.4 is 0 Å². The molecule has 18 heavy (non-hydrogen) atoms. The zero-order valence-corrected chi connectivity index (χ0v) is 10.8.